The van der Waals surface area contributed by atoms with Crippen molar-refractivity contribution in [3.63, 3.8) is 0 Å². The summed E-state index contributed by atoms with van der Waals surface area (Å²) in [5, 5.41) is 20.9. The zero-order valence-electron chi connectivity index (χ0n) is 13.7. The van der Waals surface area contributed by atoms with Gasteiger partial charge in [-0.3, -0.25) is 14.9 Å². The number of dihydropyridines is 1. The highest BCUT2D eigenvalue weighted by molar-refractivity contribution is 5.92. The molecule has 25 heavy (non-hydrogen) atoms. The number of aliphatic hydroxyl groups is 1. The number of nitrogens with one attached hydrogen (secondary N) is 4. The molecule has 0 saturated heterocycles. The van der Waals surface area contributed by atoms with Crippen LogP contribution in [-0.2, 0) is 16.0 Å². The topological polar surface area (TPSA) is 102 Å². The molecule has 7 nitrogen and oxygen atoms in total. The molecule has 0 radical (unpaired) electrons. The van der Waals surface area contributed by atoms with Crippen LogP contribution in [0.1, 0.15) is 5.56 Å². The van der Waals surface area contributed by atoms with E-state index in [0.29, 0.717) is 18.5 Å². The number of carbonyl (C=O) groups is 2. The van der Waals surface area contributed by atoms with Crippen LogP contribution in [0.15, 0.2) is 61.0 Å². The Morgan fingerprint density at radius 2 is 2.08 bits per heavy atom. The van der Waals surface area contributed by atoms with Crippen LogP contribution in [0.25, 0.3) is 0 Å². The Hall–Kier alpha value is -3.06. The van der Waals surface area contributed by atoms with Gasteiger partial charge in [-0.05, 0) is 42.5 Å². The zero-order chi connectivity index (χ0) is 18.1. The van der Waals surface area contributed by atoms with Crippen molar-refractivity contribution in [2.75, 3.05) is 11.9 Å². The monoisotopic (exact) mass is 342 g/mol. The summed E-state index contributed by atoms with van der Waals surface area (Å²) in [6, 6.07) is 6.65. The Labute approximate surface area is 146 Å². The lowest BCUT2D eigenvalue weighted by atomic mass is 10.0. The molecule has 0 spiro atoms. The normalized spacial score (nSPS) is 16.6. The fraction of sp³-hybridized carbons (Fsp3) is 0.222. The molecule has 1 aromatic carbocycles. The van der Waals surface area contributed by atoms with Crippen LogP contribution in [0.3, 0.4) is 0 Å². The van der Waals surface area contributed by atoms with E-state index in [9.17, 15) is 14.7 Å². The van der Waals surface area contributed by atoms with Crippen LogP contribution < -0.4 is 21.3 Å². The Morgan fingerprint density at radius 3 is 2.68 bits per heavy atom. The van der Waals surface area contributed by atoms with Gasteiger partial charge in [-0.1, -0.05) is 24.8 Å². The molecule has 0 saturated carbocycles. The van der Waals surface area contributed by atoms with E-state index in [0.717, 1.165) is 5.56 Å². The average Bonchev–Trinajstić information content (AvgIpc) is 2.62. The predicted octanol–water partition coefficient (Wildman–Crippen LogP) is 0.943. The highest BCUT2D eigenvalue weighted by Crippen LogP contribution is 2.12. The molecule has 5 N–H and O–H groups in total. The molecule has 2 amide bonds. The van der Waals surface area contributed by atoms with Gasteiger partial charge in [0.25, 0.3) is 0 Å². The maximum atomic E-state index is 12.0. The lowest BCUT2D eigenvalue weighted by molar-refractivity contribution is -0.115. The van der Waals surface area contributed by atoms with Gasteiger partial charge in [-0.15, -0.1) is 0 Å². The Kier molecular flexibility index (Phi) is 6.79. The van der Waals surface area contributed by atoms with Gasteiger partial charge in [0.05, 0.1) is 18.8 Å². The summed E-state index contributed by atoms with van der Waals surface area (Å²) in [4.78, 5) is 22.5. The molecule has 2 atom stereocenters. The molecule has 1 aromatic rings. The lowest BCUT2D eigenvalue weighted by Gasteiger charge is -2.17. The first kappa shape index (κ1) is 18.3. The second-order valence-electron chi connectivity index (χ2n) is 5.55. The van der Waals surface area contributed by atoms with Gasteiger partial charge in [-0.2, -0.15) is 0 Å². The van der Waals surface area contributed by atoms with E-state index in [1.54, 1.807) is 12.1 Å². The molecule has 0 aliphatic carbocycles. The van der Waals surface area contributed by atoms with Crippen molar-refractivity contribution in [2.24, 2.45) is 0 Å². The zero-order valence-corrected chi connectivity index (χ0v) is 13.7. The summed E-state index contributed by atoms with van der Waals surface area (Å²) in [6.45, 7) is 3.62. The number of hydrogen-bond donors (Lipinski definition) is 5. The van der Waals surface area contributed by atoms with Crippen LogP contribution in [0.5, 0.6) is 0 Å². The van der Waals surface area contributed by atoms with E-state index in [-0.39, 0.29) is 24.4 Å². The van der Waals surface area contributed by atoms with Gasteiger partial charge in [0.15, 0.2) is 0 Å². The van der Waals surface area contributed by atoms with E-state index < -0.39 is 6.04 Å². The molecule has 2 unspecified atom stereocenters. The van der Waals surface area contributed by atoms with Gasteiger partial charge in [0.2, 0.25) is 12.3 Å². The molecular weight excluding hydrogens is 320 g/mol. The van der Waals surface area contributed by atoms with E-state index in [1.807, 2.05) is 36.6 Å². The minimum Gasteiger partial charge on any atom is -0.511 e. The van der Waals surface area contributed by atoms with Crippen LogP contribution in [-0.4, -0.2) is 36.2 Å². The summed E-state index contributed by atoms with van der Waals surface area (Å²) < 4.78 is 0. The number of rotatable bonds is 9. The average molecular weight is 342 g/mol. The van der Waals surface area contributed by atoms with Crippen LogP contribution in [0.2, 0.25) is 0 Å². The first-order valence-electron chi connectivity index (χ1n) is 7.87. The van der Waals surface area contributed by atoms with E-state index in [4.69, 9.17) is 0 Å². The van der Waals surface area contributed by atoms with Gasteiger partial charge in [0.1, 0.15) is 5.76 Å². The second kappa shape index (κ2) is 9.29. The van der Waals surface area contributed by atoms with Crippen molar-refractivity contribution in [2.45, 2.75) is 18.6 Å². The van der Waals surface area contributed by atoms with Crippen molar-refractivity contribution in [3.05, 3.63) is 66.6 Å². The number of allylic oxidation sites excluding steroid dienone is 2. The van der Waals surface area contributed by atoms with Crippen molar-refractivity contribution < 1.29 is 14.7 Å². The van der Waals surface area contributed by atoms with Gasteiger partial charge >= 0.3 is 0 Å². The van der Waals surface area contributed by atoms with E-state index in [2.05, 4.69) is 27.8 Å². The number of anilines is 1. The molecular formula is C18H22N4O3. The van der Waals surface area contributed by atoms with Crippen LogP contribution >= 0.6 is 0 Å². The third kappa shape index (κ3) is 6.15. The summed E-state index contributed by atoms with van der Waals surface area (Å²) in [7, 11) is 0. The molecule has 7 heteroatoms. The molecule has 0 fully saturated rings. The Morgan fingerprint density at radius 1 is 1.32 bits per heavy atom. The van der Waals surface area contributed by atoms with Crippen molar-refractivity contribution in [1.82, 2.24) is 16.0 Å². The standard InChI is InChI=1S/C18H22N4O3/c1-13(24)16(21-12-23)10-14-5-7-15(8-6-14)22-18(25)11-20-17-4-2-3-9-19-17/h2-9,12,16-17,19-20,24H,1,10-11H2,(H,21,23)(H,22,25). The largest absolute Gasteiger partial charge is 0.511 e. The predicted molar refractivity (Wildman–Crippen MR) is 96.7 cm³/mol. The molecule has 132 valence electrons. The number of carbonyl (C=O) groups excluding carboxylic acids is 2. The fourth-order valence-electron chi connectivity index (χ4n) is 2.30. The van der Waals surface area contributed by atoms with Crippen molar-refractivity contribution >= 4 is 18.0 Å². The minimum absolute atomic E-state index is 0.0630. The molecule has 2 rings (SSSR count). The lowest BCUT2D eigenvalue weighted by Crippen LogP contribution is -2.42. The van der Waals surface area contributed by atoms with Gasteiger partial charge in [0, 0.05) is 5.69 Å². The van der Waals surface area contributed by atoms with E-state index in [1.165, 1.54) is 0 Å². The maximum absolute atomic E-state index is 12.0. The number of amides is 2. The quantitative estimate of drug-likeness (QED) is 0.340. The first-order chi connectivity index (χ1) is 12.1. The van der Waals surface area contributed by atoms with Crippen LogP contribution in [0, 0.1) is 0 Å². The number of benzene rings is 1. The molecule has 1 heterocycles. The summed E-state index contributed by atoms with van der Waals surface area (Å²) in [6.07, 6.45) is 8.38. The van der Waals surface area contributed by atoms with Crippen molar-refractivity contribution in [1.29, 1.82) is 0 Å². The molecule has 1 aliphatic heterocycles. The highest BCUT2D eigenvalue weighted by Gasteiger charge is 2.12. The maximum Gasteiger partial charge on any atom is 0.238 e. The smallest absolute Gasteiger partial charge is 0.238 e. The van der Waals surface area contributed by atoms with Crippen molar-refractivity contribution in [3.8, 4) is 0 Å². The molecule has 0 aromatic heterocycles. The number of hydrogen-bond acceptors (Lipinski definition) is 5. The fourth-order valence-corrected chi connectivity index (χ4v) is 2.30. The summed E-state index contributed by atoms with van der Waals surface area (Å²) >= 11 is 0. The SMILES string of the molecule is C=C(O)C(Cc1ccc(NC(=O)CNC2C=CC=CN2)cc1)NC=O. The van der Waals surface area contributed by atoms with E-state index >= 15 is 0 Å². The first-order valence-corrected chi connectivity index (χ1v) is 7.87. The second-order valence-corrected chi connectivity index (χ2v) is 5.55. The van der Waals surface area contributed by atoms with Gasteiger partial charge in [-0.25, -0.2) is 0 Å². The molecule has 0 bridgehead atoms. The molecule has 1 aliphatic rings. The third-order valence-electron chi connectivity index (χ3n) is 3.62. The van der Waals surface area contributed by atoms with Gasteiger partial charge < -0.3 is 21.1 Å². The highest BCUT2D eigenvalue weighted by atomic mass is 16.3. The number of aliphatic hydroxyl groups excluding tert-OH is 1. The van der Waals surface area contributed by atoms with Crippen LogP contribution in [0.4, 0.5) is 5.69 Å². The summed E-state index contributed by atoms with van der Waals surface area (Å²) in [5.41, 5.74) is 1.57. The minimum atomic E-state index is -0.535. The third-order valence-corrected chi connectivity index (χ3v) is 3.62. The Balaban J connectivity index is 1.81. The summed E-state index contributed by atoms with van der Waals surface area (Å²) in [5.74, 6) is -0.252. The Bertz CT molecular complexity index is 667.